The molecular formula is C52H43Cl2N6O8-. The van der Waals surface area contributed by atoms with Gasteiger partial charge in [-0.3, -0.25) is 19.3 Å². The fourth-order valence-corrected chi connectivity index (χ4v) is 10.0. The van der Waals surface area contributed by atoms with Gasteiger partial charge in [-0.15, -0.1) is 0 Å². The van der Waals surface area contributed by atoms with Crippen molar-refractivity contribution in [1.29, 1.82) is 0 Å². The van der Waals surface area contributed by atoms with Crippen molar-refractivity contribution in [3.63, 3.8) is 0 Å². The molecule has 1 atom stereocenters. The first-order valence-electron chi connectivity index (χ1n) is 22.3. The topological polar surface area (TPSA) is 161 Å². The zero-order valence-electron chi connectivity index (χ0n) is 36.5. The zero-order chi connectivity index (χ0) is 46.7. The lowest BCUT2D eigenvalue weighted by atomic mass is 9.96. The van der Waals surface area contributed by atoms with E-state index in [1.54, 1.807) is 46.2 Å². The summed E-state index contributed by atoms with van der Waals surface area (Å²) in [5.74, 6) is -1.06. The Bertz CT molecular complexity index is 3260. The lowest BCUT2D eigenvalue weighted by Crippen LogP contribution is -2.58. The van der Waals surface area contributed by atoms with Crippen LogP contribution < -0.4 is 44.6 Å². The van der Waals surface area contributed by atoms with Gasteiger partial charge in [0.1, 0.15) is 43.2 Å². The van der Waals surface area contributed by atoms with Crippen LogP contribution in [0.25, 0.3) is 5.88 Å². The normalized spacial score (nSPS) is 19.0. The number of para-hydroxylation sites is 2. The van der Waals surface area contributed by atoms with E-state index < -0.39 is 45.8 Å². The summed E-state index contributed by atoms with van der Waals surface area (Å²) in [6.07, 6.45) is 14.0. The standard InChI is InChI=1S/C52H43Cl2N6O8/c53-38-15-5-12-35(29-33-9-2-1-3-10-33)46(38)66-27-7-19-51(21-22-51)56-31-55-58-25-17-41(62)48(44(58)50(56)65)68-36-13-4-11-34(30-36)42-37-14-6-16-39(54)47(37)67-28-8-20-52(23-24-52)57-32-60(42)59-26-18-40(61)45(63)43(59)49(57)64/h1-20,25-26,30,42H,21-24,27-29,31-32H2,(H,63,64)/q-1/b19-7+,20-8+/t42-/m1/s1. The Kier molecular flexibility index (Phi) is 10.8. The predicted octanol–water partition coefficient (Wildman–Crippen LogP) is 6.13. The van der Waals surface area contributed by atoms with Crippen molar-refractivity contribution in [3.05, 3.63) is 193 Å². The van der Waals surface area contributed by atoms with Crippen LogP contribution in [0.3, 0.4) is 0 Å². The number of fused-ring (bicyclic) bond motifs is 7. The Morgan fingerprint density at radius 3 is 2.50 bits per heavy atom. The molecule has 1 N–H and O–H groups in total. The highest BCUT2D eigenvalue weighted by atomic mass is 35.5. The van der Waals surface area contributed by atoms with Crippen molar-refractivity contribution >= 4 is 35.0 Å². The summed E-state index contributed by atoms with van der Waals surface area (Å²) in [6.45, 7) is 0.485. The SMILES string of the molecule is O=C1c2c(O)c(=O)ccn2N2CN1C1(/C=C/COc3c(Cl)cccc3[C@H]2c2cccc(Oc3c([O-])cc[n+]4c3=C([O-])N(C3(/C=C/COc5c(Cl)cccc5Cc5ccccc5)CC3)CN=4)c2)CC1. The van der Waals surface area contributed by atoms with Gasteiger partial charge in [0.2, 0.25) is 11.6 Å². The number of aromatic hydroxyl groups is 1. The third kappa shape index (κ3) is 7.63. The molecule has 2 saturated carbocycles. The van der Waals surface area contributed by atoms with Crippen molar-refractivity contribution in [2.75, 3.05) is 31.6 Å². The molecule has 0 saturated heterocycles. The van der Waals surface area contributed by atoms with Crippen LogP contribution in [0.4, 0.5) is 0 Å². The van der Waals surface area contributed by atoms with Crippen LogP contribution >= 0.6 is 23.2 Å². The first-order valence-corrected chi connectivity index (χ1v) is 23.1. The van der Waals surface area contributed by atoms with Gasteiger partial charge in [0.05, 0.1) is 21.1 Å². The molecule has 0 radical (unpaired) electrons. The number of benzene rings is 4. The van der Waals surface area contributed by atoms with E-state index in [4.69, 9.17) is 37.4 Å². The number of hydrogen-bond donors (Lipinski definition) is 1. The van der Waals surface area contributed by atoms with Crippen molar-refractivity contribution < 1.29 is 38.7 Å². The van der Waals surface area contributed by atoms with E-state index in [0.29, 0.717) is 64.8 Å². The number of carbonyl (C=O) groups is 1. The molecular weight excluding hydrogens is 908 g/mol. The highest BCUT2D eigenvalue weighted by Gasteiger charge is 2.53. The van der Waals surface area contributed by atoms with Crippen molar-refractivity contribution in [3.8, 4) is 34.5 Å². The maximum Gasteiger partial charge on any atom is 0.287 e. The second kappa shape index (κ2) is 17.0. The summed E-state index contributed by atoms with van der Waals surface area (Å²) in [5, 5.41) is 47.0. The molecule has 2 aliphatic carbocycles. The van der Waals surface area contributed by atoms with Crippen LogP contribution in [0, 0.1) is 0 Å². The molecule has 11 rings (SSSR count). The summed E-state index contributed by atoms with van der Waals surface area (Å²) in [7, 11) is 0. The molecule has 344 valence electrons. The number of hydrogen-bond acceptors (Lipinski definition) is 11. The Labute approximate surface area is 400 Å². The summed E-state index contributed by atoms with van der Waals surface area (Å²) >= 11 is 13.5. The van der Waals surface area contributed by atoms with Crippen molar-refractivity contribution in [2.24, 2.45) is 5.11 Å². The third-order valence-electron chi connectivity index (χ3n) is 13.3. The zero-order valence-corrected chi connectivity index (χ0v) is 38.0. The van der Waals surface area contributed by atoms with Crippen LogP contribution in [-0.2, 0) is 6.42 Å². The number of halogens is 2. The highest BCUT2D eigenvalue weighted by Crippen LogP contribution is 2.49. The summed E-state index contributed by atoms with van der Waals surface area (Å²) in [4.78, 5) is 30.5. The van der Waals surface area contributed by atoms with Crippen molar-refractivity contribution in [2.45, 2.75) is 49.2 Å². The predicted molar refractivity (Wildman–Crippen MR) is 249 cm³/mol. The molecule has 16 heteroatoms. The molecule has 5 aliphatic rings. The lowest BCUT2D eigenvalue weighted by Gasteiger charge is -2.46. The van der Waals surface area contributed by atoms with Gasteiger partial charge in [-0.2, -0.15) is 0 Å². The summed E-state index contributed by atoms with van der Waals surface area (Å²) in [6, 6.07) is 29.9. The molecule has 0 unspecified atom stereocenters. The van der Waals surface area contributed by atoms with Crippen LogP contribution in [0.2, 0.25) is 10.0 Å². The number of pyridine rings is 2. The van der Waals surface area contributed by atoms with Gasteiger partial charge >= 0.3 is 0 Å². The minimum atomic E-state index is -0.783. The van der Waals surface area contributed by atoms with Gasteiger partial charge in [0, 0.05) is 41.8 Å². The van der Waals surface area contributed by atoms with E-state index in [2.05, 4.69) is 17.2 Å². The maximum absolute atomic E-state index is 14.6. The summed E-state index contributed by atoms with van der Waals surface area (Å²) in [5.41, 5.74) is 1.14. The minimum absolute atomic E-state index is 0.0204. The monoisotopic (exact) mass is 949 g/mol. The van der Waals surface area contributed by atoms with Crippen LogP contribution in [0.1, 0.15) is 64.5 Å². The van der Waals surface area contributed by atoms with E-state index in [-0.39, 0.29) is 49.1 Å². The fraction of sp³-hybridized carbons (Fsp3) is 0.231. The number of rotatable bonds is 10. The molecule has 1 spiro atoms. The first-order chi connectivity index (χ1) is 33.0. The third-order valence-corrected chi connectivity index (χ3v) is 13.9. The van der Waals surface area contributed by atoms with E-state index in [1.807, 2.05) is 71.8 Å². The van der Waals surface area contributed by atoms with Gasteiger partial charge in [-0.05, 0) is 78.3 Å². The number of ether oxygens (including phenoxy) is 3. The maximum atomic E-state index is 14.6. The van der Waals surface area contributed by atoms with Crippen molar-refractivity contribution in [1.82, 2.24) is 14.5 Å². The summed E-state index contributed by atoms with van der Waals surface area (Å²) < 4.78 is 22.0. The molecule has 2 fully saturated rings. The van der Waals surface area contributed by atoms with E-state index in [0.717, 1.165) is 11.1 Å². The Morgan fingerprint density at radius 1 is 0.897 bits per heavy atom. The van der Waals surface area contributed by atoms with Gasteiger partial charge in [0.25, 0.3) is 11.3 Å². The largest absolute Gasteiger partial charge is 0.870 e. The highest BCUT2D eigenvalue weighted by molar-refractivity contribution is 6.32. The lowest BCUT2D eigenvalue weighted by molar-refractivity contribution is -0.575. The smallest absolute Gasteiger partial charge is 0.287 e. The minimum Gasteiger partial charge on any atom is -0.870 e. The molecule has 3 aliphatic heterocycles. The Balaban J connectivity index is 0.930. The molecule has 1 amide bonds. The Morgan fingerprint density at radius 2 is 1.69 bits per heavy atom. The van der Waals surface area contributed by atoms with Gasteiger partial charge in [-0.25, -0.2) is 0 Å². The quantitative estimate of drug-likeness (QED) is 0.125. The first kappa shape index (κ1) is 43.2. The van der Waals surface area contributed by atoms with E-state index in [1.165, 1.54) is 33.6 Å². The second-order valence-corrected chi connectivity index (χ2v) is 18.3. The number of aromatic nitrogens is 2. The fourth-order valence-electron chi connectivity index (χ4n) is 9.52. The molecule has 5 heterocycles. The molecule has 68 heavy (non-hydrogen) atoms. The van der Waals surface area contributed by atoms with E-state index >= 15 is 0 Å². The van der Waals surface area contributed by atoms with Crippen LogP contribution in [0.15, 0.2) is 150 Å². The average molecular weight is 951 g/mol. The number of amides is 1. The molecule has 4 aromatic carbocycles. The number of carbonyl (C=O) groups excluding carboxylic acids is 1. The van der Waals surface area contributed by atoms with E-state index in [9.17, 15) is 24.9 Å². The molecule has 2 aromatic heterocycles. The average Bonchev–Trinajstić information content (AvgIpc) is 4.29. The Hall–Kier alpha value is -7.42. The van der Waals surface area contributed by atoms with Crippen LogP contribution in [-0.4, -0.2) is 63.1 Å². The van der Waals surface area contributed by atoms with Gasteiger partial charge in [-0.1, -0.05) is 112 Å². The molecule has 2 bridgehead atoms. The second-order valence-electron chi connectivity index (χ2n) is 17.5. The van der Waals surface area contributed by atoms with Crippen LogP contribution in [0.5, 0.6) is 34.5 Å². The molecule has 6 aromatic rings. The van der Waals surface area contributed by atoms with Gasteiger partial charge in [0.15, 0.2) is 23.9 Å². The number of nitrogens with zero attached hydrogens (tertiary/aromatic N) is 6. The molecule has 14 nitrogen and oxygen atoms in total. The van der Waals surface area contributed by atoms with Gasteiger partial charge < -0.3 is 39.3 Å².